The number of hydrogen-bond acceptors (Lipinski definition) is 4. The number of carboxylic acids is 1. The number of H-pyrrole nitrogens is 1. The van der Waals surface area contributed by atoms with Crippen LogP contribution in [0.5, 0.6) is 0 Å². The lowest BCUT2D eigenvalue weighted by Gasteiger charge is -2.20. The fraction of sp³-hybridized carbons (Fsp3) is 0.412. The maximum Gasteiger partial charge on any atom is 0.311 e. The van der Waals surface area contributed by atoms with E-state index in [1.54, 1.807) is 17.9 Å². The lowest BCUT2D eigenvalue weighted by atomic mass is 9.90. The predicted molar refractivity (Wildman–Crippen MR) is 90.0 cm³/mol. The highest BCUT2D eigenvalue weighted by molar-refractivity contribution is 6.04. The highest BCUT2D eigenvalue weighted by Crippen LogP contribution is 2.30. The molecule has 8 nitrogen and oxygen atoms in total. The zero-order valence-corrected chi connectivity index (χ0v) is 13.9. The van der Waals surface area contributed by atoms with Crippen molar-refractivity contribution < 1.29 is 19.5 Å². The molecule has 3 rings (SSSR count). The average Bonchev–Trinajstić information content (AvgIpc) is 3.19. The number of aromatic amines is 1. The molecule has 2 heterocycles. The molecule has 0 spiro atoms. The second-order valence-electron chi connectivity index (χ2n) is 6.55. The summed E-state index contributed by atoms with van der Waals surface area (Å²) in [4.78, 5) is 37.2. The van der Waals surface area contributed by atoms with Gasteiger partial charge in [-0.1, -0.05) is 18.2 Å². The molecule has 1 saturated heterocycles. The number of hydrogen-bond donors (Lipinski definition) is 3. The summed E-state index contributed by atoms with van der Waals surface area (Å²) in [5.41, 5.74) is 0.184. The van der Waals surface area contributed by atoms with E-state index >= 15 is 0 Å². The number of nitrogens with one attached hydrogen (secondary N) is 2. The first kappa shape index (κ1) is 16.9. The van der Waals surface area contributed by atoms with Crippen LogP contribution in [0.15, 0.2) is 24.3 Å². The van der Waals surface area contributed by atoms with Gasteiger partial charge in [-0.05, 0) is 19.4 Å². The lowest BCUT2D eigenvalue weighted by Crippen LogP contribution is -2.36. The zero-order valence-electron chi connectivity index (χ0n) is 13.9. The van der Waals surface area contributed by atoms with Crippen molar-refractivity contribution in [2.75, 3.05) is 19.6 Å². The van der Waals surface area contributed by atoms with Crippen LogP contribution >= 0.6 is 0 Å². The smallest absolute Gasteiger partial charge is 0.311 e. The first-order valence-corrected chi connectivity index (χ1v) is 8.13. The Balaban J connectivity index is 1.52. The van der Waals surface area contributed by atoms with E-state index in [0.717, 1.165) is 10.9 Å². The van der Waals surface area contributed by atoms with Gasteiger partial charge in [0.1, 0.15) is 0 Å². The molecule has 3 N–H and O–H groups in total. The van der Waals surface area contributed by atoms with Gasteiger partial charge in [-0.3, -0.25) is 19.5 Å². The topological polar surface area (TPSA) is 115 Å². The number of aromatic nitrogens is 2. The van der Waals surface area contributed by atoms with Gasteiger partial charge in [0, 0.05) is 31.4 Å². The third-order valence-electron chi connectivity index (χ3n) is 4.65. The fourth-order valence-electron chi connectivity index (χ4n) is 3.01. The number of para-hydroxylation sites is 1. The standard InChI is InChI=1S/C17H20N4O4/c1-17(16(24)25)7-9-21(10-17)13(22)6-8-18-15(23)14-11-4-2-3-5-12(11)19-20-14/h2-5H,6-10H2,1H3,(H,18,23)(H,19,20)(H,24,25). The number of aliphatic carboxylic acids is 1. The van der Waals surface area contributed by atoms with Crippen molar-refractivity contribution in [2.24, 2.45) is 5.41 Å². The highest BCUT2D eigenvalue weighted by atomic mass is 16.4. The van der Waals surface area contributed by atoms with Gasteiger partial charge in [0.25, 0.3) is 5.91 Å². The molecule has 8 heteroatoms. The molecule has 0 aliphatic carbocycles. The minimum Gasteiger partial charge on any atom is -0.481 e. The minimum atomic E-state index is -0.887. The molecule has 0 bridgehead atoms. The van der Waals surface area contributed by atoms with E-state index < -0.39 is 11.4 Å². The van der Waals surface area contributed by atoms with Crippen molar-refractivity contribution in [3.8, 4) is 0 Å². The van der Waals surface area contributed by atoms with Crippen molar-refractivity contribution in [3.63, 3.8) is 0 Å². The van der Waals surface area contributed by atoms with Gasteiger partial charge in [-0.25, -0.2) is 0 Å². The third kappa shape index (κ3) is 3.33. The van der Waals surface area contributed by atoms with Gasteiger partial charge in [-0.15, -0.1) is 0 Å². The minimum absolute atomic E-state index is 0.129. The largest absolute Gasteiger partial charge is 0.481 e. The molecule has 1 fully saturated rings. The predicted octanol–water partition coefficient (Wildman–Crippen LogP) is 1.01. The maximum atomic E-state index is 12.2. The van der Waals surface area contributed by atoms with Crippen molar-refractivity contribution in [2.45, 2.75) is 19.8 Å². The van der Waals surface area contributed by atoms with Crippen LogP contribution in [0.4, 0.5) is 0 Å². The Morgan fingerprint density at radius 2 is 2.12 bits per heavy atom. The molecular formula is C17H20N4O4. The van der Waals surface area contributed by atoms with Crippen molar-refractivity contribution >= 4 is 28.7 Å². The quantitative estimate of drug-likeness (QED) is 0.748. The number of fused-ring (bicyclic) bond motifs is 1. The third-order valence-corrected chi connectivity index (χ3v) is 4.65. The van der Waals surface area contributed by atoms with Crippen LogP contribution in [0.25, 0.3) is 10.9 Å². The van der Waals surface area contributed by atoms with Crippen LogP contribution in [0.3, 0.4) is 0 Å². The van der Waals surface area contributed by atoms with Crippen molar-refractivity contribution in [3.05, 3.63) is 30.0 Å². The zero-order chi connectivity index (χ0) is 18.0. The molecule has 1 aliphatic rings. The summed E-state index contributed by atoms with van der Waals surface area (Å²) in [6, 6.07) is 7.30. The van der Waals surface area contributed by atoms with Gasteiger partial charge >= 0.3 is 5.97 Å². The summed E-state index contributed by atoms with van der Waals surface area (Å²) in [6.45, 7) is 2.46. The van der Waals surface area contributed by atoms with Crippen molar-refractivity contribution in [1.82, 2.24) is 20.4 Å². The molecule has 1 unspecified atom stereocenters. The van der Waals surface area contributed by atoms with E-state index in [9.17, 15) is 19.5 Å². The summed E-state index contributed by atoms with van der Waals surface area (Å²) in [5, 5.41) is 19.4. The summed E-state index contributed by atoms with van der Waals surface area (Å²) < 4.78 is 0. The molecule has 132 valence electrons. The van der Waals surface area contributed by atoms with E-state index in [4.69, 9.17) is 0 Å². The number of rotatable bonds is 5. The second kappa shape index (κ2) is 6.54. The van der Waals surface area contributed by atoms with Crippen LogP contribution in [-0.4, -0.2) is 57.6 Å². The van der Waals surface area contributed by atoms with Crippen LogP contribution in [0.1, 0.15) is 30.3 Å². The molecular weight excluding hydrogens is 324 g/mol. The summed E-state index contributed by atoms with van der Waals surface area (Å²) in [5.74, 6) is -1.39. The number of carboxylic acid groups (broad SMARTS) is 1. The number of benzene rings is 1. The molecule has 1 aromatic heterocycles. The highest BCUT2D eigenvalue weighted by Gasteiger charge is 2.41. The Hall–Kier alpha value is -2.90. The normalized spacial score (nSPS) is 20.0. The molecule has 1 aliphatic heterocycles. The average molecular weight is 344 g/mol. The van der Waals surface area contributed by atoms with Gasteiger partial charge in [-0.2, -0.15) is 5.10 Å². The van der Waals surface area contributed by atoms with Crippen LogP contribution in [0, 0.1) is 5.41 Å². The monoisotopic (exact) mass is 344 g/mol. The molecule has 25 heavy (non-hydrogen) atoms. The van der Waals surface area contributed by atoms with Crippen molar-refractivity contribution in [1.29, 1.82) is 0 Å². The van der Waals surface area contributed by atoms with E-state index in [1.807, 2.05) is 18.2 Å². The fourth-order valence-corrected chi connectivity index (χ4v) is 3.01. The van der Waals surface area contributed by atoms with E-state index in [-0.39, 0.29) is 31.3 Å². The number of carbonyl (C=O) groups is 3. The van der Waals surface area contributed by atoms with Gasteiger partial charge < -0.3 is 15.3 Å². The Bertz CT molecular complexity index is 831. The molecule has 1 aromatic carbocycles. The Labute approximate surface area is 144 Å². The second-order valence-corrected chi connectivity index (χ2v) is 6.55. The van der Waals surface area contributed by atoms with E-state index in [1.165, 1.54) is 0 Å². The molecule has 2 aromatic rings. The number of likely N-dealkylation sites (tertiary alicyclic amines) is 1. The number of amides is 2. The summed E-state index contributed by atoms with van der Waals surface area (Å²) in [7, 11) is 0. The van der Waals surface area contributed by atoms with E-state index in [0.29, 0.717) is 18.7 Å². The molecule has 0 radical (unpaired) electrons. The molecule has 0 saturated carbocycles. The summed E-state index contributed by atoms with van der Waals surface area (Å²) in [6.07, 6.45) is 0.573. The van der Waals surface area contributed by atoms with Gasteiger partial charge in [0.2, 0.25) is 5.91 Å². The molecule has 2 amide bonds. The Morgan fingerprint density at radius 3 is 2.84 bits per heavy atom. The summed E-state index contributed by atoms with van der Waals surface area (Å²) >= 11 is 0. The first-order valence-electron chi connectivity index (χ1n) is 8.13. The van der Waals surface area contributed by atoms with Gasteiger partial charge in [0.05, 0.1) is 10.9 Å². The number of carbonyl (C=O) groups excluding carboxylic acids is 2. The first-order chi connectivity index (χ1) is 11.9. The van der Waals surface area contributed by atoms with Crippen LogP contribution < -0.4 is 5.32 Å². The molecule has 1 atom stereocenters. The van der Waals surface area contributed by atoms with E-state index in [2.05, 4.69) is 15.5 Å². The maximum absolute atomic E-state index is 12.2. The SMILES string of the molecule is CC1(C(=O)O)CCN(C(=O)CCNC(=O)c2n[nH]c3ccccc23)C1. The van der Waals surface area contributed by atoms with Gasteiger partial charge in [0.15, 0.2) is 5.69 Å². The Morgan fingerprint density at radius 1 is 1.36 bits per heavy atom. The Kier molecular flexibility index (Phi) is 4.43. The van der Waals surface area contributed by atoms with Crippen LogP contribution in [0.2, 0.25) is 0 Å². The number of nitrogens with zero attached hydrogens (tertiary/aromatic N) is 2. The van der Waals surface area contributed by atoms with Crippen LogP contribution in [-0.2, 0) is 9.59 Å². The lowest BCUT2D eigenvalue weighted by molar-refractivity contribution is -0.147.